The Morgan fingerprint density at radius 3 is 2.71 bits per heavy atom. The zero-order valence-corrected chi connectivity index (χ0v) is 9.74. The minimum absolute atomic E-state index is 0.184. The first kappa shape index (κ1) is 11.4. The van der Waals surface area contributed by atoms with E-state index in [0.29, 0.717) is 0 Å². The summed E-state index contributed by atoms with van der Waals surface area (Å²) in [6.45, 7) is 1.92. The molecule has 2 amide bonds. The molecule has 5 nitrogen and oxygen atoms in total. The van der Waals surface area contributed by atoms with Gasteiger partial charge in [-0.25, -0.2) is 0 Å². The average Bonchev–Trinajstić information content (AvgIpc) is 2.58. The van der Waals surface area contributed by atoms with E-state index in [1.54, 1.807) is 7.11 Å². The predicted molar refractivity (Wildman–Crippen MR) is 62.9 cm³/mol. The SMILES string of the molecule is COc1ccc(NC2CC(=O)NC2=O)cc1C. The van der Waals surface area contributed by atoms with E-state index in [1.165, 1.54) is 0 Å². The summed E-state index contributed by atoms with van der Waals surface area (Å²) in [5.41, 5.74) is 1.78. The van der Waals surface area contributed by atoms with Crippen molar-refractivity contribution in [3.63, 3.8) is 0 Å². The second kappa shape index (κ2) is 4.45. The third-order valence-corrected chi connectivity index (χ3v) is 2.70. The standard InChI is InChI=1S/C12H14N2O3/c1-7-5-8(3-4-10(7)17-2)13-9-6-11(15)14-12(9)16/h3-5,9,13H,6H2,1-2H3,(H,14,15,16). The number of carbonyl (C=O) groups excluding carboxylic acids is 2. The summed E-state index contributed by atoms with van der Waals surface area (Å²) in [7, 11) is 1.61. The van der Waals surface area contributed by atoms with E-state index in [2.05, 4.69) is 10.6 Å². The summed E-state index contributed by atoms with van der Waals surface area (Å²) >= 11 is 0. The molecule has 0 aromatic heterocycles. The highest BCUT2D eigenvalue weighted by Gasteiger charge is 2.30. The molecule has 1 aromatic rings. The van der Waals surface area contributed by atoms with Gasteiger partial charge in [0.15, 0.2) is 0 Å². The van der Waals surface area contributed by atoms with Crippen molar-refractivity contribution in [1.82, 2.24) is 5.32 Å². The number of hydrogen-bond donors (Lipinski definition) is 2. The molecule has 1 heterocycles. The Labute approximate surface area is 99.2 Å². The molecule has 1 aliphatic rings. The second-order valence-corrected chi connectivity index (χ2v) is 4.00. The third kappa shape index (κ3) is 2.38. The maximum absolute atomic E-state index is 11.4. The lowest BCUT2D eigenvalue weighted by atomic mass is 10.1. The minimum Gasteiger partial charge on any atom is -0.496 e. The number of aryl methyl sites for hydroxylation is 1. The van der Waals surface area contributed by atoms with Crippen LogP contribution in [0, 0.1) is 6.92 Å². The van der Waals surface area contributed by atoms with Gasteiger partial charge in [-0.05, 0) is 30.7 Å². The molecule has 90 valence electrons. The molecule has 0 spiro atoms. The van der Waals surface area contributed by atoms with Crippen LogP contribution in [0.15, 0.2) is 18.2 Å². The number of carbonyl (C=O) groups is 2. The molecule has 0 aliphatic carbocycles. The Bertz CT molecular complexity index is 471. The fraction of sp³-hybridized carbons (Fsp3) is 0.333. The number of nitrogens with one attached hydrogen (secondary N) is 2. The van der Waals surface area contributed by atoms with E-state index in [1.807, 2.05) is 25.1 Å². The molecule has 17 heavy (non-hydrogen) atoms. The third-order valence-electron chi connectivity index (χ3n) is 2.70. The van der Waals surface area contributed by atoms with E-state index in [9.17, 15) is 9.59 Å². The fourth-order valence-corrected chi connectivity index (χ4v) is 1.84. The van der Waals surface area contributed by atoms with Crippen molar-refractivity contribution >= 4 is 17.5 Å². The summed E-state index contributed by atoms with van der Waals surface area (Å²) in [4.78, 5) is 22.4. The van der Waals surface area contributed by atoms with Crippen molar-refractivity contribution in [3.8, 4) is 5.75 Å². The lowest BCUT2D eigenvalue weighted by Gasteiger charge is -2.12. The van der Waals surface area contributed by atoms with Crippen molar-refractivity contribution < 1.29 is 14.3 Å². The monoisotopic (exact) mass is 234 g/mol. The molecule has 1 unspecified atom stereocenters. The van der Waals surface area contributed by atoms with Crippen LogP contribution in [0.2, 0.25) is 0 Å². The topological polar surface area (TPSA) is 67.4 Å². The Morgan fingerprint density at radius 2 is 2.18 bits per heavy atom. The Morgan fingerprint density at radius 1 is 1.41 bits per heavy atom. The van der Waals surface area contributed by atoms with E-state index < -0.39 is 6.04 Å². The zero-order chi connectivity index (χ0) is 12.4. The van der Waals surface area contributed by atoms with Crippen LogP contribution >= 0.6 is 0 Å². The zero-order valence-electron chi connectivity index (χ0n) is 9.74. The Hall–Kier alpha value is -2.04. The minimum atomic E-state index is -0.477. The number of hydrogen-bond acceptors (Lipinski definition) is 4. The van der Waals surface area contributed by atoms with Crippen molar-refractivity contribution in [2.75, 3.05) is 12.4 Å². The smallest absolute Gasteiger partial charge is 0.249 e. The number of benzene rings is 1. The first-order valence-electron chi connectivity index (χ1n) is 5.35. The number of rotatable bonds is 3. The molecular formula is C12H14N2O3. The first-order valence-corrected chi connectivity index (χ1v) is 5.35. The highest BCUT2D eigenvalue weighted by molar-refractivity contribution is 6.06. The van der Waals surface area contributed by atoms with Crippen LogP contribution in [0.4, 0.5) is 5.69 Å². The van der Waals surface area contributed by atoms with Crippen LogP contribution in [-0.2, 0) is 9.59 Å². The van der Waals surface area contributed by atoms with Gasteiger partial charge in [0.05, 0.1) is 13.5 Å². The summed E-state index contributed by atoms with van der Waals surface area (Å²) in [6.07, 6.45) is 0.184. The molecule has 0 radical (unpaired) electrons. The molecule has 1 saturated heterocycles. The van der Waals surface area contributed by atoms with Gasteiger partial charge in [-0.15, -0.1) is 0 Å². The summed E-state index contributed by atoms with van der Waals surface area (Å²) < 4.78 is 5.15. The van der Waals surface area contributed by atoms with Gasteiger partial charge in [-0.3, -0.25) is 14.9 Å². The van der Waals surface area contributed by atoms with Crippen LogP contribution in [-0.4, -0.2) is 25.0 Å². The predicted octanol–water partition coefficient (Wildman–Crippen LogP) is 0.831. The molecule has 2 N–H and O–H groups in total. The summed E-state index contributed by atoms with van der Waals surface area (Å²) in [5.74, 6) is 0.281. The highest BCUT2D eigenvalue weighted by Crippen LogP contribution is 2.22. The number of amides is 2. The molecule has 2 rings (SSSR count). The second-order valence-electron chi connectivity index (χ2n) is 4.00. The number of methoxy groups -OCH3 is 1. The van der Waals surface area contributed by atoms with Gasteiger partial charge in [0.2, 0.25) is 11.8 Å². The van der Waals surface area contributed by atoms with E-state index in [4.69, 9.17) is 4.74 Å². The number of ether oxygens (including phenoxy) is 1. The van der Waals surface area contributed by atoms with Gasteiger partial charge in [-0.1, -0.05) is 0 Å². The quantitative estimate of drug-likeness (QED) is 0.760. The molecule has 1 fully saturated rings. The van der Waals surface area contributed by atoms with Crippen molar-refractivity contribution in [3.05, 3.63) is 23.8 Å². The largest absolute Gasteiger partial charge is 0.496 e. The molecular weight excluding hydrogens is 220 g/mol. The first-order chi connectivity index (χ1) is 8.10. The maximum atomic E-state index is 11.4. The van der Waals surface area contributed by atoms with Crippen LogP contribution in [0.1, 0.15) is 12.0 Å². The van der Waals surface area contributed by atoms with Gasteiger partial charge >= 0.3 is 0 Å². The van der Waals surface area contributed by atoms with Crippen molar-refractivity contribution in [2.24, 2.45) is 0 Å². The summed E-state index contributed by atoms with van der Waals surface area (Å²) in [5, 5.41) is 5.28. The van der Waals surface area contributed by atoms with Gasteiger partial charge in [0.25, 0.3) is 0 Å². The molecule has 1 aliphatic heterocycles. The molecule has 0 saturated carbocycles. The molecule has 5 heteroatoms. The van der Waals surface area contributed by atoms with Gasteiger partial charge < -0.3 is 10.1 Å². The lowest BCUT2D eigenvalue weighted by Crippen LogP contribution is -2.30. The lowest BCUT2D eigenvalue weighted by molar-refractivity contribution is -0.124. The highest BCUT2D eigenvalue weighted by atomic mass is 16.5. The molecule has 1 aromatic carbocycles. The molecule has 1 atom stereocenters. The maximum Gasteiger partial charge on any atom is 0.249 e. The van der Waals surface area contributed by atoms with Crippen LogP contribution in [0.25, 0.3) is 0 Å². The average molecular weight is 234 g/mol. The Balaban J connectivity index is 2.11. The van der Waals surface area contributed by atoms with Gasteiger partial charge in [0, 0.05) is 5.69 Å². The van der Waals surface area contributed by atoms with E-state index in [-0.39, 0.29) is 18.2 Å². The van der Waals surface area contributed by atoms with Crippen LogP contribution in [0.5, 0.6) is 5.75 Å². The van der Waals surface area contributed by atoms with Crippen molar-refractivity contribution in [2.45, 2.75) is 19.4 Å². The van der Waals surface area contributed by atoms with E-state index >= 15 is 0 Å². The fourth-order valence-electron chi connectivity index (χ4n) is 1.84. The van der Waals surface area contributed by atoms with Gasteiger partial charge in [-0.2, -0.15) is 0 Å². The van der Waals surface area contributed by atoms with Crippen LogP contribution in [0.3, 0.4) is 0 Å². The number of anilines is 1. The molecule has 0 bridgehead atoms. The Kier molecular flexibility index (Phi) is 2.99. The normalized spacial score (nSPS) is 19.1. The van der Waals surface area contributed by atoms with Crippen molar-refractivity contribution in [1.29, 1.82) is 0 Å². The van der Waals surface area contributed by atoms with Gasteiger partial charge in [0.1, 0.15) is 11.8 Å². The summed E-state index contributed by atoms with van der Waals surface area (Å²) in [6, 6.07) is 5.05. The van der Waals surface area contributed by atoms with Crippen LogP contribution < -0.4 is 15.4 Å². The number of imide groups is 1. The van der Waals surface area contributed by atoms with E-state index in [0.717, 1.165) is 17.0 Å².